The Balaban J connectivity index is 1.82. The monoisotopic (exact) mass is 306 g/mol. The predicted molar refractivity (Wildman–Crippen MR) is 75.7 cm³/mol. The van der Waals surface area contributed by atoms with E-state index >= 15 is 4.39 Å². The van der Waals surface area contributed by atoms with E-state index in [4.69, 9.17) is 4.52 Å². The molecule has 1 aliphatic heterocycles. The highest BCUT2D eigenvalue weighted by Gasteiger charge is 2.42. The first-order valence-electron chi connectivity index (χ1n) is 7.06. The van der Waals surface area contributed by atoms with Gasteiger partial charge in [-0.3, -0.25) is 4.79 Å². The van der Waals surface area contributed by atoms with E-state index in [1.165, 1.54) is 23.1 Å². The molecule has 3 rings (SSSR count). The Morgan fingerprint density at radius 1 is 1.32 bits per heavy atom. The fourth-order valence-corrected chi connectivity index (χ4v) is 2.80. The lowest BCUT2D eigenvalue weighted by atomic mass is 9.93. The molecule has 4 nitrogen and oxygen atoms in total. The van der Waals surface area contributed by atoms with Crippen LogP contribution in [0.25, 0.3) is 0 Å². The molecule has 1 saturated heterocycles. The zero-order chi connectivity index (χ0) is 15.9. The van der Waals surface area contributed by atoms with Crippen molar-refractivity contribution in [2.45, 2.75) is 25.9 Å². The molecule has 22 heavy (non-hydrogen) atoms. The number of hydrogen-bond donors (Lipinski definition) is 0. The summed E-state index contributed by atoms with van der Waals surface area (Å²) in [7, 11) is 0. The molecule has 0 saturated carbocycles. The number of carbonyl (C=O) groups excluding carboxylic acids is 1. The van der Waals surface area contributed by atoms with E-state index in [1.54, 1.807) is 19.9 Å². The molecule has 1 aromatic heterocycles. The molecule has 1 aromatic carbocycles. The number of rotatable bonds is 2. The summed E-state index contributed by atoms with van der Waals surface area (Å²) in [6, 6.07) is 5.68. The Hall–Kier alpha value is -2.24. The van der Waals surface area contributed by atoms with Crippen molar-refractivity contribution < 1.29 is 18.1 Å². The van der Waals surface area contributed by atoms with Gasteiger partial charge in [0.2, 0.25) is 5.76 Å². The molecule has 116 valence electrons. The van der Waals surface area contributed by atoms with Gasteiger partial charge in [0.05, 0.1) is 12.2 Å². The van der Waals surface area contributed by atoms with Crippen molar-refractivity contribution >= 4 is 5.91 Å². The number of hydrogen-bond acceptors (Lipinski definition) is 3. The van der Waals surface area contributed by atoms with Gasteiger partial charge in [0.1, 0.15) is 5.82 Å². The SMILES string of the molecule is Cc1cc(F)cc([C@@]2(F)CCN(C(=O)c3cc(C)no3)C2)c1. The number of benzene rings is 1. The van der Waals surface area contributed by atoms with E-state index in [1.807, 2.05) is 0 Å². The van der Waals surface area contributed by atoms with Crippen molar-refractivity contribution in [1.29, 1.82) is 0 Å². The molecule has 1 amide bonds. The van der Waals surface area contributed by atoms with Gasteiger partial charge in [0.15, 0.2) is 5.67 Å². The summed E-state index contributed by atoms with van der Waals surface area (Å²) in [4.78, 5) is 13.6. The van der Waals surface area contributed by atoms with E-state index in [-0.39, 0.29) is 30.8 Å². The van der Waals surface area contributed by atoms with Crippen molar-refractivity contribution in [2.24, 2.45) is 0 Å². The summed E-state index contributed by atoms with van der Waals surface area (Å²) >= 11 is 0. The zero-order valence-corrected chi connectivity index (χ0v) is 12.4. The molecular formula is C16H16F2N2O2. The third-order valence-electron chi connectivity index (χ3n) is 3.90. The Bertz CT molecular complexity index is 708. The minimum absolute atomic E-state index is 0.0946. The van der Waals surface area contributed by atoms with Crippen LogP contribution >= 0.6 is 0 Å². The number of aryl methyl sites for hydroxylation is 2. The number of alkyl halides is 1. The number of amides is 1. The molecule has 6 heteroatoms. The van der Waals surface area contributed by atoms with Crippen molar-refractivity contribution in [3.05, 3.63) is 52.7 Å². The second-order valence-corrected chi connectivity index (χ2v) is 5.79. The topological polar surface area (TPSA) is 46.3 Å². The Morgan fingerprint density at radius 2 is 2.09 bits per heavy atom. The van der Waals surface area contributed by atoms with Gasteiger partial charge in [0.25, 0.3) is 5.91 Å². The molecule has 2 aromatic rings. The average Bonchev–Trinajstić information content (AvgIpc) is 3.04. The largest absolute Gasteiger partial charge is 0.351 e. The Morgan fingerprint density at radius 3 is 2.73 bits per heavy atom. The summed E-state index contributed by atoms with van der Waals surface area (Å²) in [6.45, 7) is 3.56. The van der Waals surface area contributed by atoms with Crippen LogP contribution < -0.4 is 0 Å². The van der Waals surface area contributed by atoms with Crippen LogP contribution in [0.5, 0.6) is 0 Å². The summed E-state index contributed by atoms with van der Waals surface area (Å²) in [5, 5.41) is 3.66. The number of halogens is 2. The fraction of sp³-hybridized carbons (Fsp3) is 0.375. The quantitative estimate of drug-likeness (QED) is 0.856. The first-order valence-corrected chi connectivity index (χ1v) is 7.06. The van der Waals surface area contributed by atoms with Crippen molar-refractivity contribution in [2.75, 3.05) is 13.1 Å². The first-order chi connectivity index (χ1) is 10.4. The molecule has 0 bridgehead atoms. The van der Waals surface area contributed by atoms with E-state index in [9.17, 15) is 9.18 Å². The van der Waals surface area contributed by atoms with Gasteiger partial charge in [-0.15, -0.1) is 0 Å². The standard InChI is InChI=1S/C16H16F2N2O2/c1-10-5-12(8-13(17)6-10)16(18)3-4-20(9-16)15(21)14-7-11(2)19-22-14/h5-8H,3-4,9H2,1-2H3/t16-/m1/s1. The first kappa shape index (κ1) is 14.7. The number of nitrogens with zero attached hydrogens (tertiary/aromatic N) is 2. The van der Waals surface area contributed by atoms with Crippen molar-refractivity contribution in [3.8, 4) is 0 Å². The Kier molecular flexibility index (Phi) is 3.47. The minimum atomic E-state index is -1.74. The highest BCUT2D eigenvalue weighted by molar-refractivity contribution is 5.91. The summed E-state index contributed by atoms with van der Waals surface area (Å²) in [5.74, 6) is -0.770. The second kappa shape index (κ2) is 5.19. The van der Waals surface area contributed by atoms with Crippen LogP contribution in [0.2, 0.25) is 0 Å². The van der Waals surface area contributed by atoms with Gasteiger partial charge in [-0.05, 0) is 37.1 Å². The van der Waals surface area contributed by atoms with Crippen molar-refractivity contribution in [3.63, 3.8) is 0 Å². The van der Waals surface area contributed by atoms with Gasteiger partial charge in [-0.1, -0.05) is 11.2 Å². The van der Waals surface area contributed by atoms with Gasteiger partial charge >= 0.3 is 0 Å². The highest BCUT2D eigenvalue weighted by Crippen LogP contribution is 2.37. The zero-order valence-electron chi connectivity index (χ0n) is 12.4. The summed E-state index contributed by atoms with van der Waals surface area (Å²) in [5.41, 5.74) is -0.219. The van der Waals surface area contributed by atoms with E-state index in [2.05, 4.69) is 5.16 Å². The maximum Gasteiger partial charge on any atom is 0.292 e. The summed E-state index contributed by atoms with van der Waals surface area (Å²) < 4.78 is 33.6. The summed E-state index contributed by atoms with van der Waals surface area (Å²) in [6.07, 6.45) is 0.134. The lowest BCUT2D eigenvalue weighted by Gasteiger charge is -2.21. The molecule has 2 heterocycles. The smallest absolute Gasteiger partial charge is 0.292 e. The van der Waals surface area contributed by atoms with Gasteiger partial charge < -0.3 is 9.42 Å². The maximum absolute atomic E-state index is 15.1. The third kappa shape index (κ3) is 2.61. The lowest BCUT2D eigenvalue weighted by Crippen LogP contribution is -2.32. The third-order valence-corrected chi connectivity index (χ3v) is 3.90. The van der Waals surface area contributed by atoms with Crippen LogP contribution in [0.4, 0.5) is 8.78 Å². The molecule has 0 radical (unpaired) electrons. The van der Waals surface area contributed by atoms with Crippen LogP contribution in [0.15, 0.2) is 28.8 Å². The molecule has 1 fully saturated rings. The molecule has 0 aliphatic carbocycles. The van der Waals surface area contributed by atoms with Crippen LogP contribution in [-0.4, -0.2) is 29.1 Å². The second-order valence-electron chi connectivity index (χ2n) is 5.79. The number of aromatic nitrogens is 1. The van der Waals surface area contributed by atoms with Crippen LogP contribution in [-0.2, 0) is 5.67 Å². The van der Waals surface area contributed by atoms with E-state index < -0.39 is 17.4 Å². The molecular weight excluding hydrogens is 290 g/mol. The maximum atomic E-state index is 15.1. The van der Waals surface area contributed by atoms with Gasteiger partial charge in [-0.2, -0.15) is 0 Å². The van der Waals surface area contributed by atoms with Gasteiger partial charge in [0, 0.05) is 19.0 Å². The molecule has 0 spiro atoms. The van der Waals surface area contributed by atoms with E-state index in [0.717, 1.165) is 0 Å². The fourth-order valence-electron chi connectivity index (χ4n) is 2.80. The minimum Gasteiger partial charge on any atom is -0.351 e. The highest BCUT2D eigenvalue weighted by atomic mass is 19.1. The van der Waals surface area contributed by atoms with Crippen LogP contribution in [0.1, 0.15) is 33.8 Å². The van der Waals surface area contributed by atoms with Crippen LogP contribution in [0.3, 0.4) is 0 Å². The van der Waals surface area contributed by atoms with Crippen molar-refractivity contribution in [1.82, 2.24) is 10.1 Å². The lowest BCUT2D eigenvalue weighted by molar-refractivity contribution is 0.0710. The predicted octanol–water partition coefficient (Wildman–Crippen LogP) is 3.14. The number of carbonyl (C=O) groups is 1. The average molecular weight is 306 g/mol. The van der Waals surface area contributed by atoms with Gasteiger partial charge in [-0.25, -0.2) is 8.78 Å². The molecule has 1 atom stereocenters. The molecule has 1 aliphatic rings. The van der Waals surface area contributed by atoms with E-state index in [0.29, 0.717) is 11.3 Å². The normalized spacial score (nSPS) is 21.4. The Labute approximate surface area is 126 Å². The van der Waals surface area contributed by atoms with Crippen LogP contribution in [0, 0.1) is 19.7 Å². The number of likely N-dealkylation sites (tertiary alicyclic amines) is 1. The molecule has 0 N–H and O–H groups in total. The molecule has 0 unspecified atom stereocenters.